The molecular formula is C22H33N3O. The van der Waals surface area contributed by atoms with Crippen LogP contribution < -0.4 is 0 Å². The maximum atomic E-state index is 5.31. The summed E-state index contributed by atoms with van der Waals surface area (Å²) < 4.78 is 7.51. The first-order valence-electron chi connectivity index (χ1n) is 10.3. The number of hydrogen-bond acceptors (Lipinski definition) is 3. The van der Waals surface area contributed by atoms with E-state index in [1.807, 2.05) is 13.3 Å². The summed E-state index contributed by atoms with van der Waals surface area (Å²) in [7, 11) is 1.83. The van der Waals surface area contributed by atoms with E-state index in [4.69, 9.17) is 4.74 Å². The van der Waals surface area contributed by atoms with Crippen LogP contribution >= 0.6 is 0 Å². The number of nitrogens with zero attached hydrogens (tertiary/aromatic N) is 3. The molecule has 0 saturated carbocycles. The number of aryl methyl sites for hydroxylation is 1. The van der Waals surface area contributed by atoms with E-state index >= 15 is 0 Å². The van der Waals surface area contributed by atoms with E-state index in [1.165, 1.54) is 55.1 Å². The van der Waals surface area contributed by atoms with Crippen LogP contribution in [0.1, 0.15) is 44.6 Å². The number of methoxy groups -OCH3 is 1. The summed E-state index contributed by atoms with van der Waals surface area (Å²) in [5.74, 6) is 1.49. The molecule has 0 unspecified atom stereocenters. The number of hydrogen-bond donors (Lipinski definition) is 0. The fraction of sp³-hybridized carbons (Fsp3) is 0.682. The number of ether oxygens (including phenoxy) is 1. The molecule has 0 radical (unpaired) electrons. The van der Waals surface area contributed by atoms with Gasteiger partial charge in [0.25, 0.3) is 0 Å². The Labute approximate surface area is 157 Å². The van der Waals surface area contributed by atoms with E-state index in [-0.39, 0.29) is 0 Å². The molecule has 2 aromatic rings. The third-order valence-corrected chi connectivity index (χ3v) is 6.52. The van der Waals surface area contributed by atoms with E-state index < -0.39 is 0 Å². The molecule has 0 spiro atoms. The van der Waals surface area contributed by atoms with Crippen LogP contribution in [0.3, 0.4) is 0 Å². The number of benzene rings is 1. The van der Waals surface area contributed by atoms with Gasteiger partial charge < -0.3 is 4.74 Å². The van der Waals surface area contributed by atoms with Gasteiger partial charge in [0.05, 0.1) is 11.7 Å². The Kier molecular flexibility index (Phi) is 5.32. The molecule has 4 atom stereocenters. The lowest BCUT2D eigenvalue weighted by Gasteiger charge is -2.40. The van der Waals surface area contributed by atoms with Crippen molar-refractivity contribution in [3.8, 4) is 0 Å². The van der Waals surface area contributed by atoms with Gasteiger partial charge in [-0.25, -0.2) is 0 Å². The van der Waals surface area contributed by atoms with Crippen molar-refractivity contribution in [1.29, 1.82) is 0 Å². The summed E-state index contributed by atoms with van der Waals surface area (Å²) in [6, 6.07) is 8.22. The molecule has 4 nitrogen and oxygen atoms in total. The van der Waals surface area contributed by atoms with Crippen molar-refractivity contribution in [2.24, 2.45) is 11.8 Å². The first kappa shape index (κ1) is 18.0. The van der Waals surface area contributed by atoms with Crippen molar-refractivity contribution in [2.45, 2.75) is 64.6 Å². The maximum Gasteiger partial charge on any atom is 0.0685 e. The molecule has 0 aliphatic carbocycles. The zero-order chi connectivity index (χ0) is 18.1. The van der Waals surface area contributed by atoms with Gasteiger partial charge in [0.1, 0.15) is 0 Å². The van der Waals surface area contributed by atoms with Crippen LogP contribution in [-0.4, -0.2) is 47.0 Å². The smallest absolute Gasteiger partial charge is 0.0685 e. The molecule has 0 N–H and O–H groups in total. The van der Waals surface area contributed by atoms with Crippen LogP contribution in [0.25, 0.3) is 10.9 Å². The van der Waals surface area contributed by atoms with Gasteiger partial charge in [0, 0.05) is 44.3 Å². The van der Waals surface area contributed by atoms with Gasteiger partial charge in [-0.05, 0) is 62.5 Å². The second-order valence-corrected chi connectivity index (χ2v) is 8.69. The minimum Gasteiger partial charge on any atom is -0.385 e. The molecule has 4 heteroatoms. The average molecular weight is 356 g/mol. The largest absolute Gasteiger partial charge is 0.385 e. The Morgan fingerprint density at radius 1 is 1.19 bits per heavy atom. The molecule has 26 heavy (non-hydrogen) atoms. The van der Waals surface area contributed by atoms with Crippen LogP contribution in [0.5, 0.6) is 0 Å². The molecule has 2 bridgehead atoms. The highest BCUT2D eigenvalue weighted by molar-refractivity contribution is 5.79. The fourth-order valence-electron chi connectivity index (χ4n) is 5.24. The van der Waals surface area contributed by atoms with Gasteiger partial charge in [-0.1, -0.05) is 19.1 Å². The molecule has 1 aromatic heterocycles. The van der Waals surface area contributed by atoms with Crippen LogP contribution in [0.4, 0.5) is 0 Å². The Bertz CT molecular complexity index is 726. The molecule has 0 amide bonds. The monoisotopic (exact) mass is 355 g/mol. The molecule has 2 aliphatic heterocycles. The molecule has 2 aliphatic rings. The van der Waals surface area contributed by atoms with E-state index in [0.717, 1.165) is 31.2 Å². The quantitative estimate of drug-likeness (QED) is 0.743. The lowest BCUT2D eigenvalue weighted by atomic mass is 9.88. The SMILES string of the molecule is COCC[C@H]1C[C@H]2CC[C@@H](C1)N2C[C@@H](C)Cn1ncc2ccc(C)cc21. The van der Waals surface area contributed by atoms with Crippen LogP contribution in [0.2, 0.25) is 0 Å². The van der Waals surface area contributed by atoms with Gasteiger partial charge in [0.2, 0.25) is 0 Å². The molecule has 2 fully saturated rings. The van der Waals surface area contributed by atoms with Gasteiger partial charge in [0.15, 0.2) is 0 Å². The Morgan fingerprint density at radius 3 is 2.69 bits per heavy atom. The maximum absolute atomic E-state index is 5.31. The summed E-state index contributed by atoms with van der Waals surface area (Å²) >= 11 is 0. The van der Waals surface area contributed by atoms with E-state index in [9.17, 15) is 0 Å². The van der Waals surface area contributed by atoms with Crippen LogP contribution in [0, 0.1) is 18.8 Å². The zero-order valence-corrected chi connectivity index (χ0v) is 16.5. The summed E-state index contributed by atoms with van der Waals surface area (Å²) in [6.45, 7) is 7.69. The highest BCUT2D eigenvalue weighted by Crippen LogP contribution is 2.40. The zero-order valence-electron chi connectivity index (χ0n) is 16.5. The Balaban J connectivity index is 1.38. The molecule has 1 aromatic carbocycles. The lowest BCUT2D eigenvalue weighted by Crippen LogP contribution is -2.45. The molecule has 4 rings (SSSR count). The third-order valence-electron chi connectivity index (χ3n) is 6.52. The van der Waals surface area contributed by atoms with Gasteiger partial charge in [-0.15, -0.1) is 0 Å². The molecule has 142 valence electrons. The predicted octanol–water partition coefficient (Wildman–Crippen LogP) is 4.26. The normalized spacial score (nSPS) is 27.3. The van der Waals surface area contributed by atoms with Crippen LogP contribution in [-0.2, 0) is 11.3 Å². The van der Waals surface area contributed by atoms with E-state index in [2.05, 4.69) is 46.7 Å². The highest BCUT2D eigenvalue weighted by atomic mass is 16.5. The summed E-state index contributed by atoms with van der Waals surface area (Å²) in [6.07, 6.45) is 8.78. The number of fused-ring (bicyclic) bond motifs is 3. The lowest BCUT2D eigenvalue weighted by molar-refractivity contribution is 0.0700. The number of aromatic nitrogens is 2. The van der Waals surface area contributed by atoms with Gasteiger partial charge >= 0.3 is 0 Å². The minimum atomic E-state index is 0.622. The highest BCUT2D eigenvalue weighted by Gasteiger charge is 2.40. The van der Waals surface area contributed by atoms with E-state index in [0.29, 0.717) is 5.92 Å². The second kappa shape index (κ2) is 7.69. The topological polar surface area (TPSA) is 30.3 Å². The first-order chi connectivity index (χ1) is 12.6. The molecule has 2 saturated heterocycles. The minimum absolute atomic E-state index is 0.622. The standard InChI is InChI=1S/C22H33N3O/c1-16-4-5-19-13-23-25(22(19)10-16)15-17(2)14-24-20-6-7-21(24)12-18(11-20)8-9-26-3/h4-5,10,13,17-18,20-21H,6-9,11-12,14-15H2,1-3H3/t17-,18-,20+,21-/m1/s1. The summed E-state index contributed by atoms with van der Waals surface area (Å²) in [4.78, 5) is 2.82. The third kappa shape index (κ3) is 3.67. The molecular weight excluding hydrogens is 322 g/mol. The van der Waals surface area contributed by atoms with Crippen molar-refractivity contribution < 1.29 is 4.74 Å². The summed E-state index contributed by atoms with van der Waals surface area (Å²) in [5.41, 5.74) is 2.58. The fourth-order valence-corrected chi connectivity index (χ4v) is 5.24. The Hall–Kier alpha value is -1.39. The molecule has 3 heterocycles. The van der Waals surface area contributed by atoms with Gasteiger partial charge in [-0.3, -0.25) is 9.58 Å². The number of piperidine rings is 1. The van der Waals surface area contributed by atoms with Crippen molar-refractivity contribution in [3.63, 3.8) is 0 Å². The van der Waals surface area contributed by atoms with Crippen molar-refractivity contribution in [1.82, 2.24) is 14.7 Å². The number of rotatable bonds is 7. The predicted molar refractivity (Wildman–Crippen MR) is 106 cm³/mol. The average Bonchev–Trinajstić information content (AvgIpc) is 3.10. The van der Waals surface area contributed by atoms with Crippen molar-refractivity contribution in [2.75, 3.05) is 20.3 Å². The van der Waals surface area contributed by atoms with Gasteiger partial charge in [-0.2, -0.15) is 5.10 Å². The van der Waals surface area contributed by atoms with E-state index in [1.54, 1.807) is 0 Å². The van der Waals surface area contributed by atoms with Crippen LogP contribution in [0.15, 0.2) is 24.4 Å². The van der Waals surface area contributed by atoms with Crippen molar-refractivity contribution in [3.05, 3.63) is 30.0 Å². The second-order valence-electron chi connectivity index (χ2n) is 8.69. The van der Waals surface area contributed by atoms with Crippen molar-refractivity contribution >= 4 is 10.9 Å². The summed E-state index contributed by atoms with van der Waals surface area (Å²) in [5, 5.41) is 5.90. The first-order valence-corrected chi connectivity index (χ1v) is 10.3. The Morgan fingerprint density at radius 2 is 1.96 bits per heavy atom.